The van der Waals surface area contributed by atoms with Crippen LogP contribution in [-0.4, -0.2) is 31.6 Å². The number of methoxy groups -OCH3 is 1. The molecule has 2 N–H and O–H groups in total. The van der Waals surface area contributed by atoms with Gasteiger partial charge in [0.25, 0.3) is 0 Å². The van der Waals surface area contributed by atoms with Crippen LogP contribution in [0.3, 0.4) is 0 Å². The van der Waals surface area contributed by atoms with Gasteiger partial charge >= 0.3 is 0 Å². The fourth-order valence-corrected chi connectivity index (χ4v) is 3.94. The monoisotopic (exact) mass is 260 g/mol. The molecule has 1 aliphatic heterocycles. The lowest BCUT2D eigenvalue weighted by molar-refractivity contribution is 0.227. The lowest BCUT2D eigenvalue weighted by Gasteiger charge is -2.29. The number of hydrogen-bond acceptors (Lipinski definition) is 3. The number of hydrogen-bond donors (Lipinski definition) is 1. The molecule has 1 aliphatic carbocycles. The van der Waals surface area contributed by atoms with E-state index in [4.69, 9.17) is 10.5 Å². The Morgan fingerprint density at radius 1 is 1.26 bits per heavy atom. The average molecular weight is 260 g/mol. The third-order valence-electron chi connectivity index (χ3n) is 4.92. The molecule has 0 bridgehead atoms. The van der Waals surface area contributed by atoms with Gasteiger partial charge in [-0.2, -0.15) is 0 Å². The van der Waals surface area contributed by atoms with Crippen LogP contribution >= 0.6 is 0 Å². The summed E-state index contributed by atoms with van der Waals surface area (Å²) in [6.07, 6.45) is 4.24. The van der Waals surface area contributed by atoms with E-state index < -0.39 is 0 Å². The Morgan fingerprint density at radius 3 is 2.58 bits per heavy atom. The third kappa shape index (κ3) is 2.37. The molecule has 1 aromatic rings. The normalized spacial score (nSPS) is 28.3. The Kier molecular flexibility index (Phi) is 3.76. The van der Waals surface area contributed by atoms with Crippen LogP contribution in [0.1, 0.15) is 30.9 Å². The van der Waals surface area contributed by atoms with Crippen LogP contribution in [0.15, 0.2) is 24.3 Å². The van der Waals surface area contributed by atoms with Crippen LogP contribution in [0.5, 0.6) is 5.75 Å². The summed E-state index contributed by atoms with van der Waals surface area (Å²) in [6.45, 7) is 3.09. The Bertz CT molecular complexity index is 423. The zero-order valence-corrected chi connectivity index (χ0v) is 11.7. The summed E-state index contributed by atoms with van der Waals surface area (Å²) in [6, 6.07) is 8.60. The molecule has 0 amide bonds. The minimum absolute atomic E-state index is 0.307. The molecule has 2 aliphatic rings. The molecule has 3 heteroatoms. The van der Waals surface area contributed by atoms with Crippen molar-refractivity contribution >= 4 is 0 Å². The second-order valence-corrected chi connectivity index (χ2v) is 5.90. The van der Waals surface area contributed by atoms with Crippen molar-refractivity contribution in [2.75, 3.05) is 26.7 Å². The number of nitrogens with two attached hydrogens (primary N) is 1. The van der Waals surface area contributed by atoms with Gasteiger partial charge in [0.05, 0.1) is 13.2 Å². The van der Waals surface area contributed by atoms with Gasteiger partial charge < -0.3 is 10.5 Å². The predicted molar refractivity (Wildman–Crippen MR) is 77.2 cm³/mol. The number of ether oxygens (including phenoxy) is 1. The Balaban J connectivity index is 1.81. The van der Waals surface area contributed by atoms with Crippen molar-refractivity contribution in [3.8, 4) is 5.75 Å². The maximum atomic E-state index is 6.06. The molecule has 104 valence electrons. The second kappa shape index (κ2) is 5.51. The molecule has 1 saturated heterocycles. The van der Waals surface area contributed by atoms with Crippen molar-refractivity contribution in [1.82, 2.24) is 4.90 Å². The zero-order valence-electron chi connectivity index (χ0n) is 11.7. The van der Waals surface area contributed by atoms with Gasteiger partial charge in [0.15, 0.2) is 0 Å². The molecular formula is C16H24N2O. The first kappa shape index (κ1) is 12.9. The van der Waals surface area contributed by atoms with Crippen LogP contribution in [0.2, 0.25) is 0 Å². The van der Waals surface area contributed by atoms with Gasteiger partial charge in [-0.3, -0.25) is 4.90 Å². The summed E-state index contributed by atoms with van der Waals surface area (Å²) in [5.74, 6) is 2.78. The van der Waals surface area contributed by atoms with E-state index in [-0.39, 0.29) is 0 Å². The Labute approximate surface area is 115 Å². The van der Waals surface area contributed by atoms with Gasteiger partial charge in [0.2, 0.25) is 0 Å². The molecule has 1 saturated carbocycles. The fourth-order valence-electron chi connectivity index (χ4n) is 3.94. The van der Waals surface area contributed by atoms with Crippen molar-refractivity contribution in [3.05, 3.63) is 29.8 Å². The van der Waals surface area contributed by atoms with Gasteiger partial charge in [0.1, 0.15) is 5.75 Å². The van der Waals surface area contributed by atoms with Gasteiger partial charge in [-0.15, -0.1) is 0 Å². The maximum absolute atomic E-state index is 6.06. The van der Waals surface area contributed by atoms with E-state index in [0.29, 0.717) is 12.6 Å². The van der Waals surface area contributed by atoms with Gasteiger partial charge in [-0.25, -0.2) is 0 Å². The topological polar surface area (TPSA) is 38.5 Å². The van der Waals surface area contributed by atoms with Gasteiger partial charge in [-0.05, 0) is 30.7 Å². The standard InChI is InChI=1S/C16H24N2O/c1-19-16-8-3-2-7-14(16)15(9-17)18-10-12-5-4-6-13(12)11-18/h2-3,7-8,12-13,15H,4-6,9-11,17H2,1H3. The second-order valence-electron chi connectivity index (χ2n) is 5.90. The smallest absolute Gasteiger partial charge is 0.123 e. The molecule has 0 spiro atoms. The van der Waals surface area contributed by atoms with Crippen LogP contribution in [0.25, 0.3) is 0 Å². The fraction of sp³-hybridized carbons (Fsp3) is 0.625. The highest BCUT2D eigenvalue weighted by molar-refractivity contribution is 5.36. The predicted octanol–water partition coefficient (Wildman–Crippen LogP) is 2.43. The summed E-state index contributed by atoms with van der Waals surface area (Å²) in [4.78, 5) is 2.58. The van der Waals surface area contributed by atoms with E-state index >= 15 is 0 Å². The number of para-hydroxylation sites is 1. The Hall–Kier alpha value is -1.06. The molecule has 3 unspecified atom stereocenters. The number of rotatable bonds is 4. The van der Waals surface area contributed by atoms with Crippen molar-refractivity contribution in [2.45, 2.75) is 25.3 Å². The van der Waals surface area contributed by atoms with E-state index in [1.807, 2.05) is 12.1 Å². The minimum atomic E-state index is 0.307. The number of fused-ring (bicyclic) bond motifs is 1. The van der Waals surface area contributed by atoms with Gasteiger partial charge in [0, 0.05) is 25.2 Å². The van der Waals surface area contributed by atoms with Crippen LogP contribution in [0, 0.1) is 11.8 Å². The van der Waals surface area contributed by atoms with Crippen molar-refractivity contribution < 1.29 is 4.74 Å². The van der Waals surface area contributed by atoms with E-state index in [1.165, 1.54) is 37.9 Å². The molecule has 0 radical (unpaired) electrons. The lowest BCUT2D eigenvalue weighted by atomic mass is 10.0. The molecular weight excluding hydrogens is 236 g/mol. The molecule has 3 rings (SSSR count). The lowest BCUT2D eigenvalue weighted by Crippen LogP contribution is -2.33. The van der Waals surface area contributed by atoms with E-state index in [9.17, 15) is 0 Å². The SMILES string of the molecule is COc1ccccc1C(CN)N1CC2CCCC2C1. The van der Waals surface area contributed by atoms with Crippen LogP contribution in [0.4, 0.5) is 0 Å². The molecule has 19 heavy (non-hydrogen) atoms. The summed E-state index contributed by atoms with van der Waals surface area (Å²) in [5.41, 5.74) is 7.30. The summed E-state index contributed by atoms with van der Waals surface area (Å²) in [5, 5.41) is 0. The van der Waals surface area contributed by atoms with E-state index in [1.54, 1.807) is 7.11 Å². The first-order valence-electron chi connectivity index (χ1n) is 7.40. The maximum Gasteiger partial charge on any atom is 0.123 e. The minimum Gasteiger partial charge on any atom is -0.496 e. The highest BCUT2D eigenvalue weighted by Gasteiger charge is 2.39. The first-order chi connectivity index (χ1) is 9.33. The van der Waals surface area contributed by atoms with Gasteiger partial charge in [-0.1, -0.05) is 24.6 Å². The third-order valence-corrected chi connectivity index (χ3v) is 4.92. The highest BCUT2D eigenvalue weighted by Crippen LogP contribution is 2.41. The summed E-state index contributed by atoms with van der Waals surface area (Å²) in [7, 11) is 1.74. The van der Waals surface area contributed by atoms with Crippen molar-refractivity contribution in [1.29, 1.82) is 0 Å². The average Bonchev–Trinajstić information content (AvgIpc) is 3.01. The van der Waals surface area contributed by atoms with E-state index in [2.05, 4.69) is 17.0 Å². The summed E-state index contributed by atoms with van der Waals surface area (Å²) >= 11 is 0. The molecule has 3 nitrogen and oxygen atoms in total. The molecule has 0 aromatic heterocycles. The van der Waals surface area contributed by atoms with Crippen LogP contribution < -0.4 is 10.5 Å². The van der Waals surface area contributed by atoms with Crippen LogP contribution in [-0.2, 0) is 0 Å². The van der Waals surface area contributed by atoms with Crippen molar-refractivity contribution in [3.63, 3.8) is 0 Å². The number of benzene rings is 1. The number of likely N-dealkylation sites (tertiary alicyclic amines) is 1. The molecule has 1 aromatic carbocycles. The molecule has 2 fully saturated rings. The molecule has 1 heterocycles. The first-order valence-corrected chi connectivity index (χ1v) is 7.40. The quantitative estimate of drug-likeness (QED) is 0.903. The Morgan fingerprint density at radius 2 is 1.95 bits per heavy atom. The number of nitrogens with zero attached hydrogens (tertiary/aromatic N) is 1. The highest BCUT2D eigenvalue weighted by atomic mass is 16.5. The van der Waals surface area contributed by atoms with E-state index in [0.717, 1.165) is 17.6 Å². The largest absolute Gasteiger partial charge is 0.496 e. The van der Waals surface area contributed by atoms with Crippen molar-refractivity contribution in [2.24, 2.45) is 17.6 Å². The molecule has 3 atom stereocenters. The summed E-state index contributed by atoms with van der Waals surface area (Å²) < 4.78 is 5.50. The zero-order chi connectivity index (χ0) is 13.2.